The van der Waals surface area contributed by atoms with Gasteiger partial charge in [-0.25, -0.2) is 0 Å². The van der Waals surface area contributed by atoms with E-state index in [4.69, 9.17) is 0 Å². The molecule has 1 aliphatic heterocycles. The minimum Gasteiger partial charge on any atom is -0.354 e. The SMILES string of the molecule is CC(C)C(NC(=O)Cc1ccccc1)C(=O)NCCC1CCNC1.Cl. The molecule has 5 nitrogen and oxygen atoms in total. The normalized spacial score (nSPS) is 17.6. The van der Waals surface area contributed by atoms with Crippen LogP contribution in [-0.2, 0) is 16.0 Å². The molecule has 0 radical (unpaired) electrons. The van der Waals surface area contributed by atoms with E-state index in [1.165, 1.54) is 6.42 Å². The van der Waals surface area contributed by atoms with Crippen molar-refractivity contribution >= 4 is 24.2 Å². The van der Waals surface area contributed by atoms with Crippen molar-refractivity contribution in [2.24, 2.45) is 11.8 Å². The second kappa shape index (κ2) is 11.1. The maximum Gasteiger partial charge on any atom is 0.242 e. The fourth-order valence-corrected chi connectivity index (χ4v) is 3.01. The summed E-state index contributed by atoms with van der Waals surface area (Å²) in [5.74, 6) is 0.501. The van der Waals surface area contributed by atoms with Gasteiger partial charge in [0, 0.05) is 6.54 Å². The Morgan fingerprint density at radius 1 is 1.24 bits per heavy atom. The third-order valence-corrected chi connectivity index (χ3v) is 4.49. The quantitative estimate of drug-likeness (QED) is 0.657. The molecule has 1 saturated heterocycles. The maximum absolute atomic E-state index is 12.4. The van der Waals surface area contributed by atoms with Crippen LogP contribution in [0.5, 0.6) is 0 Å². The van der Waals surface area contributed by atoms with Crippen LogP contribution in [0.4, 0.5) is 0 Å². The molecule has 2 amide bonds. The first-order chi connectivity index (χ1) is 11.6. The summed E-state index contributed by atoms with van der Waals surface area (Å²) in [4.78, 5) is 24.6. The van der Waals surface area contributed by atoms with Gasteiger partial charge in [0.15, 0.2) is 0 Å². The largest absolute Gasteiger partial charge is 0.354 e. The summed E-state index contributed by atoms with van der Waals surface area (Å²) in [5.41, 5.74) is 0.951. The minimum absolute atomic E-state index is 0. The molecule has 0 aliphatic carbocycles. The van der Waals surface area contributed by atoms with Gasteiger partial charge in [0.2, 0.25) is 11.8 Å². The third kappa shape index (κ3) is 7.45. The number of carbonyl (C=O) groups is 2. The summed E-state index contributed by atoms with van der Waals surface area (Å²) >= 11 is 0. The van der Waals surface area contributed by atoms with Gasteiger partial charge >= 0.3 is 0 Å². The molecule has 2 unspecified atom stereocenters. The first-order valence-electron chi connectivity index (χ1n) is 8.88. The van der Waals surface area contributed by atoms with E-state index in [2.05, 4.69) is 16.0 Å². The molecule has 2 rings (SSSR count). The summed E-state index contributed by atoms with van der Waals surface area (Å²) in [6, 6.07) is 9.09. The van der Waals surface area contributed by atoms with E-state index in [1.807, 2.05) is 44.2 Å². The molecule has 1 heterocycles. The summed E-state index contributed by atoms with van der Waals surface area (Å²) in [7, 11) is 0. The van der Waals surface area contributed by atoms with E-state index in [0.717, 1.165) is 25.1 Å². The lowest BCUT2D eigenvalue weighted by Gasteiger charge is -2.22. The number of halogens is 1. The van der Waals surface area contributed by atoms with Gasteiger partial charge in [0.1, 0.15) is 6.04 Å². The molecule has 2 atom stereocenters. The van der Waals surface area contributed by atoms with Crippen LogP contribution >= 0.6 is 12.4 Å². The van der Waals surface area contributed by atoms with Gasteiger partial charge in [-0.1, -0.05) is 44.2 Å². The Morgan fingerprint density at radius 2 is 1.96 bits per heavy atom. The zero-order chi connectivity index (χ0) is 17.4. The first-order valence-corrected chi connectivity index (χ1v) is 8.88. The van der Waals surface area contributed by atoms with Gasteiger partial charge in [0.05, 0.1) is 6.42 Å². The number of hydrogen-bond donors (Lipinski definition) is 3. The predicted octanol–water partition coefficient (Wildman–Crippen LogP) is 1.91. The fourth-order valence-electron chi connectivity index (χ4n) is 3.01. The molecule has 25 heavy (non-hydrogen) atoms. The van der Waals surface area contributed by atoms with E-state index in [0.29, 0.717) is 18.9 Å². The number of carbonyl (C=O) groups excluding carboxylic acids is 2. The lowest BCUT2D eigenvalue weighted by molar-refractivity contribution is -0.129. The van der Waals surface area contributed by atoms with Crippen LogP contribution in [0.2, 0.25) is 0 Å². The third-order valence-electron chi connectivity index (χ3n) is 4.49. The van der Waals surface area contributed by atoms with E-state index in [-0.39, 0.29) is 30.1 Å². The average Bonchev–Trinajstić information content (AvgIpc) is 3.06. The van der Waals surface area contributed by atoms with E-state index < -0.39 is 6.04 Å². The van der Waals surface area contributed by atoms with Crippen LogP contribution in [0.1, 0.15) is 32.3 Å². The van der Waals surface area contributed by atoms with Crippen LogP contribution in [0.15, 0.2) is 30.3 Å². The first kappa shape index (κ1) is 21.5. The van der Waals surface area contributed by atoms with Crippen LogP contribution in [0.3, 0.4) is 0 Å². The van der Waals surface area contributed by atoms with Crippen molar-refractivity contribution in [1.82, 2.24) is 16.0 Å². The zero-order valence-corrected chi connectivity index (χ0v) is 15.9. The maximum atomic E-state index is 12.4. The standard InChI is InChI=1S/C19H29N3O2.ClH/c1-14(2)18(19(24)21-11-9-16-8-10-20-13-16)22-17(23)12-15-6-4-3-5-7-15;/h3-7,14,16,18,20H,8-13H2,1-2H3,(H,21,24)(H,22,23);1H. The van der Waals surface area contributed by atoms with Crippen LogP contribution in [-0.4, -0.2) is 37.5 Å². The molecule has 140 valence electrons. The van der Waals surface area contributed by atoms with E-state index in [9.17, 15) is 9.59 Å². The lowest BCUT2D eigenvalue weighted by Crippen LogP contribution is -2.50. The highest BCUT2D eigenvalue weighted by Crippen LogP contribution is 2.11. The second-order valence-electron chi connectivity index (χ2n) is 6.89. The van der Waals surface area contributed by atoms with E-state index >= 15 is 0 Å². The Bertz CT molecular complexity index is 531. The van der Waals surface area contributed by atoms with Crippen molar-refractivity contribution in [1.29, 1.82) is 0 Å². The predicted molar refractivity (Wildman–Crippen MR) is 103 cm³/mol. The minimum atomic E-state index is -0.483. The Morgan fingerprint density at radius 3 is 2.56 bits per heavy atom. The lowest BCUT2D eigenvalue weighted by atomic mass is 10.0. The average molecular weight is 368 g/mol. The topological polar surface area (TPSA) is 70.2 Å². The van der Waals surface area contributed by atoms with Gasteiger partial charge in [-0.2, -0.15) is 0 Å². The summed E-state index contributed by atoms with van der Waals surface area (Å²) < 4.78 is 0. The van der Waals surface area contributed by atoms with Crippen molar-refractivity contribution in [3.63, 3.8) is 0 Å². The summed E-state index contributed by atoms with van der Waals surface area (Å²) in [6.07, 6.45) is 2.46. The molecule has 0 bridgehead atoms. The Labute approximate surface area is 156 Å². The Hall–Kier alpha value is -1.59. The smallest absolute Gasteiger partial charge is 0.242 e. The molecule has 0 aromatic heterocycles. The molecule has 1 aliphatic rings. The Kier molecular flexibility index (Phi) is 9.53. The highest BCUT2D eigenvalue weighted by Gasteiger charge is 2.24. The summed E-state index contributed by atoms with van der Waals surface area (Å²) in [6.45, 7) is 6.69. The molecule has 1 aromatic rings. The molecule has 1 aromatic carbocycles. The van der Waals surface area contributed by atoms with Crippen molar-refractivity contribution in [3.8, 4) is 0 Å². The zero-order valence-electron chi connectivity index (χ0n) is 15.1. The second-order valence-corrected chi connectivity index (χ2v) is 6.89. The molecule has 0 spiro atoms. The molecule has 3 N–H and O–H groups in total. The van der Waals surface area contributed by atoms with E-state index in [1.54, 1.807) is 0 Å². The summed E-state index contributed by atoms with van der Waals surface area (Å²) in [5, 5.41) is 9.19. The Balaban J connectivity index is 0.00000312. The van der Waals surface area contributed by atoms with Gasteiger partial charge < -0.3 is 16.0 Å². The molecule has 6 heteroatoms. The number of rotatable bonds is 8. The monoisotopic (exact) mass is 367 g/mol. The van der Waals surface area contributed by atoms with Gasteiger partial charge in [0.25, 0.3) is 0 Å². The highest BCUT2D eigenvalue weighted by atomic mass is 35.5. The molecule has 0 saturated carbocycles. The highest BCUT2D eigenvalue weighted by molar-refractivity contribution is 5.88. The number of hydrogen-bond acceptors (Lipinski definition) is 3. The van der Waals surface area contributed by atoms with Gasteiger partial charge in [-0.3, -0.25) is 9.59 Å². The van der Waals surface area contributed by atoms with Crippen molar-refractivity contribution < 1.29 is 9.59 Å². The van der Waals surface area contributed by atoms with Crippen LogP contribution < -0.4 is 16.0 Å². The fraction of sp³-hybridized carbons (Fsp3) is 0.579. The van der Waals surface area contributed by atoms with Crippen LogP contribution in [0, 0.1) is 11.8 Å². The number of amides is 2. The van der Waals surface area contributed by atoms with Crippen LogP contribution in [0.25, 0.3) is 0 Å². The van der Waals surface area contributed by atoms with Crippen molar-refractivity contribution in [2.45, 2.75) is 39.2 Å². The van der Waals surface area contributed by atoms with Crippen molar-refractivity contribution in [2.75, 3.05) is 19.6 Å². The van der Waals surface area contributed by atoms with Gasteiger partial charge in [-0.05, 0) is 43.3 Å². The molecule has 1 fully saturated rings. The number of benzene rings is 1. The molecular formula is C19H30ClN3O2. The number of nitrogens with one attached hydrogen (secondary N) is 3. The van der Waals surface area contributed by atoms with Crippen molar-refractivity contribution in [3.05, 3.63) is 35.9 Å². The molecular weight excluding hydrogens is 338 g/mol. The van der Waals surface area contributed by atoms with Gasteiger partial charge in [-0.15, -0.1) is 12.4 Å².